The summed E-state index contributed by atoms with van der Waals surface area (Å²) >= 11 is 0. The van der Waals surface area contributed by atoms with E-state index in [0.29, 0.717) is 19.4 Å². The molecule has 0 aliphatic heterocycles. The van der Waals surface area contributed by atoms with Gasteiger partial charge in [0.1, 0.15) is 0 Å². The number of nitrogens with two attached hydrogens (primary N) is 2. The number of rotatable bonds is 10. The molecule has 0 saturated heterocycles. The van der Waals surface area contributed by atoms with Gasteiger partial charge in [-0.15, -0.1) is 12.4 Å². The number of guanidine groups is 1. The molecular weight excluding hydrogens is 431 g/mol. The summed E-state index contributed by atoms with van der Waals surface area (Å²) in [6, 6.07) is 8.34. The third-order valence-electron chi connectivity index (χ3n) is 7.22. The number of hydrogen-bond donors (Lipinski definition) is 5. The Morgan fingerprint density at radius 3 is 2.25 bits per heavy atom. The SMILES string of the molecule is COC12CCC(c3ccc(CC(=O)N[C@@H](CCCN=C(N)N)B(O)O)cc3)(CC1)CC2.Cl. The summed E-state index contributed by atoms with van der Waals surface area (Å²) in [5.74, 6) is -1.01. The Labute approximate surface area is 196 Å². The fourth-order valence-corrected chi connectivity index (χ4v) is 5.12. The number of aliphatic imine (C=N–C) groups is 1. The largest absolute Gasteiger partial charge is 0.475 e. The second-order valence-corrected chi connectivity index (χ2v) is 9.08. The summed E-state index contributed by atoms with van der Waals surface area (Å²) < 4.78 is 5.80. The zero-order valence-corrected chi connectivity index (χ0v) is 19.6. The Balaban J connectivity index is 0.00000363. The minimum Gasteiger partial charge on any atom is -0.426 e. The molecule has 8 nitrogen and oxygen atoms in total. The van der Waals surface area contributed by atoms with Gasteiger partial charge in [-0.1, -0.05) is 24.3 Å². The lowest BCUT2D eigenvalue weighted by Gasteiger charge is -2.53. The first kappa shape index (κ1) is 26.4. The maximum Gasteiger partial charge on any atom is 0.475 e. The summed E-state index contributed by atoms with van der Waals surface area (Å²) in [6.45, 7) is 0.371. The topological polar surface area (TPSA) is 143 Å². The number of carbonyl (C=O) groups is 1. The Morgan fingerprint density at radius 2 is 1.75 bits per heavy atom. The number of amides is 1. The van der Waals surface area contributed by atoms with Crippen LogP contribution >= 0.6 is 12.4 Å². The molecule has 0 heterocycles. The number of methoxy groups -OCH3 is 1. The van der Waals surface area contributed by atoms with Gasteiger partial charge in [0, 0.05) is 13.7 Å². The van der Waals surface area contributed by atoms with E-state index in [2.05, 4.69) is 22.4 Å². The van der Waals surface area contributed by atoms with Crippen LogP contribution < -0.4 is 16.8 Å². The zero-order chi connectivity index (χ0) is 22.5. The van der Waals surface area contributed by atoms with Crippen LogP contribution in [0.25, 0.3) is 0 Å². The van der Waals surface area contributed by atoms with Crippen molar-refractivity contribution >= 4 is 31.4 Å². The van der Waals surface area contributed by atoms with E-state index in [-0.39, 0.29) is 41.7 Å². The van der Waals surface area contributed by atoms with Gasteiger partial charge in [0.15, 0.2) is 5.96 Å². The van der Waals surface area contributed by atoms with Crippen molar-refractivity contribution in [2.75, 3.05) is 13.7 Å². The van der Waals surface area contributed by atoms with Gasteiger partial charge in [0.05, 0.1) is 18.0 Å². The van der Waals surface area contributed by atoms with Gasteiger partial charge in [-0.25, -0.2) is 0 Å². The summed E-state index contributed by atoms with van der Waals surface area (Å²) in [5.41, 5.74) is 13.1. The van der Waals surface area contributed by atoms with Gasteiger partial charge in [-0.05, 0) is 67.9 Å². The molecular formula is C22H36BClN4O4. The first-order chi connectivity index (χ1) is 14.8. The molecule has 3 aliphatic carbocycles. The number of nitrogens with one attached hydrogen (secondary N) is 1. The highest BCUT2D eigenvalue weighted by atomic mass is 35.5. The molecule has 0 radical (unpaired) electrons. The minimum atomic E-state index is -1.64. The minimum absolute atomic E-state index is 0. The van der Waals surface area contributed by atoms with E-state index < -0.39 is 13.1 Å². The van der Waals surface area contributed by atoms with Crippen LogP contribution in [0, 0.1) is 0 Å². The van der Waals surface area contributed by atoms with Crippen molar-refractivity contribution < 1.29 is 19.6 Å². The maximum atomic E-state index is 12.4. The second-order valence-electron chi connectivity index (χ2n) is 9.08. The molecule has 7 N–H and O–H groups in total. The molecule has 0 spiro atoms. The molecule has 10 heteroatoms. The van der Waals surface area contributed by atoms with E-state index in [0.717, 1.165) is 44.1 Å². The highest BCUT2D eigenvalue weighted by Crippen LogP contribution is 2.54. The van der Waals surface area contributed by atoms with Crippen molar-refractivity contribution in [2.45, 2.75) is 74.7 Å². The van der Waals surface area contributed by atoms with Crippen LogP contribution in [0.4, 0.5) is 0 Å². The summed E-state index contributed by atoms with van der Waals surface area (Å²) in [5, 5.41) is 21.8. The smallest absolute Gasteiger partial charge is 0.426 e. The van der Waals surface area contributed by atoms with Crippen molar-refractivity contribution in [3.63, 3.8) is 0 Å². The Hall–Kier alpha value is -1.81. The maximum absolute atomic E-state index is 12.4. The van der Waals surface area contributed by atoms with Gasteiger partial charge < -0.3 is 31.6 Å². The fourth-order valence-electron chi connectivity index (χ4n) is 5.12. The first-order valence-corrected chi connectivity index (χ1v) is 11.1. The number of carbonyl (C=O) groups excluding carboxylic acids is 1. The molecule has 1 atom stereocenters. The van der Waals surface area contributed by atoms with E-state index in [4.69, 9.17) is 16.2 Å². The molecule has 1 aromatic carbocycles. The summed E-state index contributed by atoms with van der Waals surface area (Å²) in [7, 11) is 0.198. The predicted molar refractivity (Wildman–Crippen MR) is 129 cm³/mol. The van der Waals surface area contributed by atoms with E-state index in [1.807, 2.05) is 19.2 Å². The van der Waals surface area contributed by atoms with E-state index in [1.165, 1.54) is 5.56 Å². The van der Waals surface area contributed by atoms with Gasteiger partial charge in [-0.2, -0.15) is 0 Å². The average Bonchev–Trinajstić information content (AvgIpc) is 2.77. The molecule has 0 unspecified atom stereocenters. The Bertz CT molecular complexity index is 762. The van der Waals surface area contributed by atoms with Gasteiger partial charge in [0.2, 0.25) is 5.91 Å². The molecule has 32 heavy (non-hydrogen) atoms. The Morgan fingerprint density at radius 1 is 1.16 bits per heavy atom. The molecule has 3 aliphatic rings. The third-order valence-corrected chi connectivity index (χ3v) is 7.22. The fraction of sp³-hybridized carbons (Fsp3) is 0.636. The monoisotopic (exact) mass is 466 g/mol. The molecule has 1 aromatic rings. The van der Waals surface area contributed by atoms with Gasteiger partial charge in [0.25, 0.3) is 0 Å². The lowest BCUT2D eigenvalue weighted by molar-refractivity contribution is -0.120. The molecule has 2 bridgehead atoms. The number of ether oxygens (including phenoxy) is 1. The van der Waals surface area contributed by atoms with E-state index in [9.17, 15) is 14.8 Å². The average molecular weight is 467 g/mol. The number of benzene rings is 1. The summed E-state index contributed by atoms with van der Waals surface area (Å²) in [4.78, 5) is 16.3. The zero-order valence-electron chi connectivity index (χ0n) is 18.8. The lowest BCUT2D eigenvalue weighted by Crippen LogP contribution is -2.49. The van der Waals surface area contributed by atoms with Crippen molar-refractivity contribution in [2.24, 2.45) is 16.5 Å². The number of fused-ring (bicyclic) bond motifs is 3. The van der Waals surface area contributed by atoms with Crippen LogP contribution in [-0.2, 0) is 21.4 Å². The number of halogens is 1. The van der Waals surface area contributed by atoms with Crippen molar-refractivity contribution in [1.82, 2.24) is 5.32 Å². The van der Waals surface area contributed by atoms with Crippen LogP contribution in [0.15, 0.2) is 29.3 Å². The third kappa shape index (κ3) is 6.37. The number of nitrogens with zero attached hydrogens (tertiary/aromatic N) is 1. The van der Waals surface area contributed by atoms with Crippen LogP contribution in [-0.4, -0.2) is 54.2 Å². The number of hydrogen-bond acceptors (Lipinski definition) is 5. The standard InChI is InChI=1S/C22H35BN4O4.ClH/c1-31-22-11-8-21(9-12-22,10-13-22)17-6-4-16(5-7-17)15-19(28)27-18(23(29)30)3-2-14-26-20(24)25;/h4-7,18,29-30H,2-3,8-15H2,1H3,(H,27,28)(H4,24,25,26);1H/t18-,21?,22?;/m0./s1. The van der Waals surface area contributed by atoms with Crippen LogP contribution in [0.5, 0.6) is 0 Å². The van der Waals surface area contributed by atoms with Crippen molar-refractivity contribution in [3.05, 3.63) is 35.4 Å². The summed E-state index contributed by atoms with van der Waals surface area (Å²) in [6.07, 6.45) is 7.87. The normalized spacial score (nSPS) is 24.8. The predicted octanol–water partition coefficient (Wildman–Crippen LogP) is 1.19. The van der Waals surface area contributed by atoms with Crippen LogP contribution in [0.2, 0.25) is 0 Å². The van der Waals surface area contributed by atoms with Gasteiger partial charge in [-0.3, -0.25) is 9.79 Å². The second kappa shape index (κ2) is 11.4. The van der Waals surface area contributed by atoms with Crippen LogP contribution in [0.3, 0.4) is 0 Å². The molecule has 3 fully saturated rings. The molecule has 3 saturated carbocycles. The highest BCUT2D eigenvalue weighted by Gasteiger charge is 2.49. The van der Waals surface area contributed by atoms with Gasteiger partial charge >= 0.3 is 7.12 Å². The van der Waals surface area contributed by atoms with E-state index in [1.54, 1.807) is 0 Å². The van der Waals surface area contributed by atoms with E-state index >= 15 is 0 Å². The molecule has 178 valence electrons. The van der Waals surface area contributed by atoms with Crippen molar-refractivity contribution in [3.8, 4) is 0 Å². The Kier molecular flexibility index (Phi) is 9.39. The first-order valence-electron chi connectivity index (χ1n) is 11.1. The quantitative estimate of drug-likeness (QED) is 0.152. The molecule has 4 rings (SSSR count). The molecule has 0 aromatic heterocycles. The lowest BCUT2D eigenvalue weighted by atomic mass is 9.56. The van der Waals surface area contributed by atoms with Crippen molar-refractivity contribution in [1.29, 1.82) is 0 Å². The molecule has 1 amide bonds. The highest BCUT2D eigenvalue weighted by molar-refractivity contribution is 6.43. The van der Waals surface area contributed by atoms with Crippen LogP contribution in [0.1, 0.15) is 62.5 Å².